The van der Waals surface area contributed by atoms with E-state index in [0.717, 1.165) is 12.1 Å². The van der Waals surface area contributed by atoms with Crippen molar-refractivity contribution < 1.29 is 12.8 Å². The standard InChI is InChI=1S/C12H17N3O3S2/c1-3-13-6-10-4-12(19-8-10)20(16,17)15-7-11-14-5-9(2)18-11/h4-5,8,13,15H,3,6-7H2,1-2H3. The Bertz CT molecular complexity index is 661. The van der Waals surface area contributed by atoms with Crippen molar-refractivity contribution in [1.82, 2.24) is 15.0 Å². The predicted molar refractivity (Wildman–Crippen MR) is 77.0 cm³/mol. The highest BCUT2D eigenvalue weighted by molar-refractivity contribution is 7.91. The third-order valence-electron chi connectivity index (χ3n) is 2.56. The van der Waals surface area contributed by atoms with E-state index < -0.39 is 10.0 Å². The molecule has 0 fully saturated rings. The lowest BCUT2D eigenvalue weighted by Crippen LogP contribution is -2.22. The van der Waals surface area contributed by atoms with Gasteiger partial charge in [-0.3, -0.25) is 0 Å². The fourth-order valence-electron chi connectivity index (χ4n) is 1.57. The lowest BCUT2D eigenvalue weighted by Gasteiger charge is -2.01. The maximum absolute atomic E-state index is 12.1. The molecule has 0 aromatic carbocycles. The summed E-state index contributed by atoms with van der Waals surface area (Å²) < 4.78 is 32.2. The summed E-state index contributed by atoms with van der Waals surface area (Å²) in [5.74, 6) is 1.01. The summed E-state index contributed by atoms with van der Waals surface area (Å²) in [5.41, 5.74) is 0.962. The first kappa shape index (κ1) is 15.2. The molecule has 20 heavy (non-hydrogen) atoms. The zero-order chi connectivity index (χ0) is 14.6. The van der Waals surface area contributed by atoms with Crippen molar-refractivity contribution in [3.05, 3.63) is 34.9 Å². The zero-order valence-corrected chi connectivity index (χ0v) is 13.0. The SMILES string of the molecule is CCNCc1csc(S(=O)(=O)NCc2ncc(C)o2)c1. The molecule has 2 rings (SSSR count). The fourth-order valence-corrected chi connectivity index (χ4v) is 3.80. The first-order valence-corrected chi connectivity index (χ1v) is 8.56. The van der Waals surface area contributed by atoms with Gasteiger partial charge >= 0.3 is 0 Å². The minimum Gasteiger partial charge on any atom is -0.445 e. The first-order valence-electron chi connectivity index (χ1n) is 6.20. The van der Waals surface area contributed by atoms with Gasteiger partial charge in [0.1, 0.15) is 9.97 Å². The Labute approximate surface area is 122 Å². The number of thiophene rings is 1. The Morgan fingerprint density at radius 1 is 1.40 bits per heavy atom. The van der Waals surface area contributed by atoms with Gasteiger partial charge in [-0.15, -0.1) is 11.3 Å². The van der Waals surface area contributed by atoms with Crippen molar-refractivity contribution in [3.8, 4) is 0 Å². The molecule has 2 aromatic heterocycles. The largest absolute Gasteiger partial charge is 0.445 e. The molecule has 0 aliphatic carbocycles. The zero-order valence-electron chi connectivity index (χ0n) is 11.3. The number of oxazole rings is 1. The van der Waals surface area contributed by atoms with Crippen molar-refractivity contribution in [2.45, 2.75) is 31.1 Å². The molecule has 0 atom stereocenters. The molecule has 2 heterocycles. The van der Waals surface area contributed by atoms with E-state index in [1.807, 2.05) is 12.3 Å². The summed E-state index contributed by atoms with van der Waals surface area (Å²) in [6, 6.07) is 1.68. The molecular weight excluding hydrogens is 298 g/mol. The Kier molecular flexibility index (Phi) is 4.92. The molecule has 110 valence electrons. The van der Waals surface area contributed by atoms with E-state index in [9.17, 15) is 8.42 Å². The van der Waals surface area contributed by atoms with Crippen LogP contribution in [0.15, 0.2) is 26.3 Å². The molecule has 0 spiro atoms. The molecule has 0 bridgehead atoms. The number of nitrogens with one attached hydrogen (secondary N) is 2. The molecule has 0 aliphatic rings. The molecule has 0 unspecified atom stereocenters. The number of rotatable bonds is 7. The molecule has 2 aromatic rings. The maximum atomic E-state index is 12.1. The molecule has 8 heteroatoms. The first-order chi connectivity index (χ1) is 9.51. The van der Waals surface area contributed by atoms with Crippen LogP contribution in [0.25, 0.3) is 0 Å². The van der Waals surface area contributed by atoms with Gasteiger partial charge < -0.3 is 9.73 Å². The van der Waals surface area contributed by atoms with Gasteiger partial charge in [-0.25, -0.2) is 18.1 Å². The van der Waals surface area contributed by atoms with Gasteiger partial charge in [-0.05, 0) is 30.5 Å². The van der Waals surface area contributed by atoms with Crippen LogP contribution >= 0.6 is 11.3 Å². The van der Waals surface area contributed by atoms with Crippen molar-refractivity contribution in [1.29, 1.82) is 0 Å². The van der Waals surface area contributed by atoms with Crippen LogP contribution in [0.2, 0.25) is 0 Å². The van der Waals surface area contributed by atoms with Crippen molar-refractivity contribution in [2.24, 2.45) is 0 Å². The molecule has 2 N–H and O–H groups in total. The van der Waals surface area contributed by atoms with Crippen LogP contribution in [0.1, 0.15) is 24.1 Å². The highest BCUT2D eigenvalue weighted by Crippen LogP contribution is 2.20. The molecule has 0 saturated carbocycles. The average Bonchev–Trinajstić information content (AvgIpc) is 3.03. The lowest BCUT2D eigenvalue weighted by molar-refractivity contribution is 0.463. The summed E-state index contributed by atoms with van der Waals surface area (Å²) >= 11 is 1.21. The molecule has 0 aliphatic heterocycles. The monoisotopic (exact) mass is 315 g/mol. The van der Waals surface area contributed by atoms with Crippen LogP contribution in [-0.2, 0) is 23.1 Å². The van der Waals surface area contributed by atoms with Gasteiger partial charge in [0.05, 0.1) is 12.7 Å². The number of nitrogens with zero attached hydrogens (tertiary/aromatic N) is 1. The fraction of sp³-hybridized carbons (Fsp3) is 0.417. The van der Waals surface area contributed by atoms with E-state index in [2.05, 4.69) is 15.0 Å². The molecule has 0 saturated heterocycles. The predicted octanol–water partition coefficient (Wildman–Crippen LogP) is 1.63. The Morgan fingerprint density at radius 2 is 2.20 bits per heavy atom. The third kappa shape index (κ3) is 3.89. The Morgan fingerprint density at radius 3 is 2.85 bits per heavy atom. The van der Waals surface area contributed by atoms with Crippen LogP contribution < -0.4 is 10.0 Å². The van der Waals surface area contributed by atoms with Gasteiger partial charge in [0, 0.05) is 6.54 Å². The van der Waals surface area contributed by atoms with Crippen molar-refractivity contribution in [3.63, 3.8) is 0 Å². The lowest BCUT2D eigenvalue weighted by atomic mass is 10.3. The van der Waals surface area contributed by atoms with Crippen molar-refractivity contribution >= 4 is 21.4 Å². The minimum absolute atomic E-state index is 0.0522. The maximum Gasteiger partial charge on any atom is 0.250 e. The molecule has 0 amide bonds. The molecule has 0 radical (unpaired) electrons. The van der Waals surface area contributed by atoms with Gasteiger partial charge in [-0.2, -0.15) is 0 Å². The summed E-state index contributed by atoms with van der Waals surface area (Å²) in [7, 11) is -3.51. The highest BCUT2D eigenvalue weighted by Gasteiger charge is 2.17. The summed E-state index contributed by atoms with van der Waals surface area (Å²) in [6.07, 6.45) is 1.56. The second-order valence-electron chi connectivity index (χ2n) is 4.24. The minimum atomic E-state index is -3.51. The van der Waals surface area contributed by atoms with Crippen LogP contribution in [0.4, 0.5) is 0 Å². The van der Waals surface area contributed by atoms with Crippen molar-refractivity contribution in [2.75, 3.05) is 6.54 Å². The normalized spacial score (nSPS) is 11.9. The topological polar surface area (TPSA) is 84.2 Å². The third-order valence-corrected chi connectivity index (χ3v) is 5.45. The number of aromatic nitrogens is 1. The number of hydrogen-bond donors (Lipinski definition) is 2. The van der Waals surface area contributed by atoms with Gasteiger partial charge in [0.2, 0.25) is 5.89 Å². The van der Waals surface area contributed by atoms with Gasteiger partial charge in [0.15, 0.2) is 0 Å². The summed E-state index contributed by atoms with van der Waals surface area (Å²) in [4.78, 5) is 3.96. The van der Waals surface area contributed by atoms with Gasteiger partial charge in [-0.1, -0.05) is 6.92 Å². The Hall–Kier alpha value is -1.22. The number of hydrogen-bond acceptors (Lipinski definition) is 6. The second-order valence-corrected chi connectivity index (χ2v) is 7.15. The van der Waals surface area contributed by atoms with Crippen LogP contribution in [0, 0.1) is 6.92 Å². The average molecular weight is 315 g/mol. The van der Waals surface area contributed by atoms with E-state index in [4.69, 9.17) is 4.42 Å². The molecular formula is C12H17N3O3S2. The Balaban J connectivity index is 2.00. The van der Waals surface area contributed by atoms with E-state index >= 15 is 0 Å². The number of sulfonamides is 1. The van der Waals surface area contributed by atoms with E-state index in [0.29, 0.717) is 22.4 Å². The highest BCUT2D eigenvalue weighted by atomic mass is 32.2. The second kappa shape index (κ2) is 6.49. The van der Waals surface area contributed by atoms with Gasteiger partial charge in [0.25, 0.3) is 10.0 Å². The van der Waals surface area contributed by atoms with E-state index in [1.54, 1.807) is 19.2 Å². The smallest absolute Gasteiger partial charge is 0.250 e. The van der Waals surface area contributed by atoms with E-state index in [1.165, 1.54) is 11.3 Å². The van der Waals surface area contributed by atoms with E-state index in [-0.39, 0.29) is 6.54 Å². The summed E-state index contributed by atoms with van der Waals surface area (Å²) in [5, 5.41) is 5.00. The number of aryl methyl sites for hydroxylation is 1. The molecule has 6 nitrogen and oxygen atoms in total. The van der Waals surface area contributed by atoms with Crippen LogP contribution in [-0.4, -0.2) is 19.9 Å². The summed E-state index contributed by atoms with van der Waals surface area (Å²) in [6.45, 7) is 5.33. The van der Waals surface area contributed by atoms with Crippen LogP contribution in [0.5, 0.6) is 0 Å². The van der Waals surface area contributed by atoms with Crippen LogP contribution in [0.3, 0.4) is 0 Å². The quantitative estimate of drug-likeness (QED) is 0.811.